The van der Waals surface area contributed by atoms with Gasteiger partial charge < -0.3 is 14.2 Å². The number of para-hydroxylation sites is 2. The molecule has 1 unspecified atom stereocenters. The van der Waals surface area contributed by atoms with Crippen LogP contribution in [0.25, 0.3) is 11.0 Å². The second-order valence-electron chi connectivity index (χ2n) is 5.48. The smallest absolute Gasteiger partial charge is 0.223 e. The van der Waals surface area contributed by atoms with E-state index in [2.05, 4.69) is 5.92 Å². The van der Waals surface area contributed by atoms with E-state index in [0.717, 1.165) is 16.9 Å². The molecule has 0 saturated carbocycles. The van der Waals surface area contributed by atoms with Gasteiger partial charge in [-0.2, -0.15) is 0 Å². The highest BCUT2D eigenvalue weighted by Gasteiger charge is 2.33. The van der Waals surface area contributed by atoms with Crippen LogP contribution in [0.1, 0.15) is 18.2 Å². The van der Waals surface area contributed by atoms with Crippen LogP contribution in [-0.2, 0) is 16.1 Å². The number of carbonyl (C=O) groups excluding carboxylic acids is 1. The fourth-order valence-electron chi connectivity index (χ4n) is 3.03. The van der Waals surface area contributed by atoms with Gasteiger partial charge in [-0.05, 0) is 12.1 Å². The number of fused-ring (bicyclic) bond motifs is 1. The van der Waals surface area contributed by atoms with Gasteiger partial charge in [0.25, 0.3) is 0 Å². The summed E-state index contributed by atoms with van der Waals surface area (Å²) in [6.07, 6.45) is 5.99. The van der Waals surface area contributed by atoms with Crippen molar-refractivity contribution in [3.63, 3.8) is 0 Å². The Morgan fingerprint density at radius 2 is 2.27 bits per heavy atom. The van der Waals surface area contributed by atoms with Crippen molar-refractivity contribution in [2.45, 2.75) is 18.9 Å². The molecule has 1 aliphatic heterocycles. The molecular formula is C17H19N3O2. The Hall–Kier alpha value is -2.32. The van der Waals surface area contributed by atoms with Crippen molar-refractivity contribution in [2.75, 3.05) is 26.8 Å². The number of terminal acetylenes is 1. The van der Waals surface area contributed by atoms with Gasteiger partial charge in [0.15, 0.2) is 0 Å². The van der Waals surface area contributed by atoms with Crippen LogP contribution in [0.4, 0.5) is 0 Å². The zero-order valence-corrected chi connectivity index (χ0v) is 12.7. The van der Waals surface area contributed by atoms with E-state index < -0.39 is 0 Å². The number of benzene rings is 1. The van der Waals surface area contributed by atoms with E-state index in [-0.39, 0.29) is 11.8 Å². The number of ether oxygens (including phenoxy) is 1. The van der Waals surface area contributed by atoms with E-state index in [1.54, 1.807) is 7.11 Å². The lowest BCUT2D eigenvalue weighted by Crippen LogP contribution is -2.28. The summed E-state index contributed by atoms with van der Waals surface area (Å²) >= 11 is 0. The summed E-state index contributed by atoms with van der Waals surface area (Å²) in [6, 6.07) is 7.93. The van der Waals surface area contributed by atoms with E-state index in [9.17, 15) is 4.79 Å². The molecule has 0 spiro atoms. The molecule has 114 valence electrons. The number of nitrogens with zero attached hydrogens (tertiary/aromatic N) is 3. The van der Waals surface area contributed by atoms with E-state index in [4.69, 9.17) is 16.1 Å². The van der Waals surface area contributed by atoms with Gasteiger partial charge in [-0.15, -0.1) is 6.42 Å². The van der Waals surface area contributed by atoms with E-state index in [1.165, 1.54) is 0 Å². The highest BCUT2D eigenvalue weighted by molar-refractivity contribution is 5.81. The molecular weight excluding hydrogens is 278 g/mol. The Labute approximate surface area is 129 Å². The van der Waals surface area contributed by atoms with Crippen molar-refractivity contribution in [1.82, 2.24) is 14.5 Å². The van der Waals surface area contributed by atoms with Gasteiger partial charge in [-0.25, -0.2) is 4.98 Å². The van der Waals surface area contributed by atoms with Gasteiger partial charge >= 0.3 is 0 Å². The number of rotatable bonds is 5. The average Bonchev–Trinajstić information content (AvgIpc) is 3.07. The lowest BCUT2D eigenvalue weighted by atomic mass is 10.1. The molecule has 1 aromatic heterocycles. The second-order valence-corrected chi connectivity index (χ2v) is 5.48. The highest BCUT2D eigenvalue weighted by atomic mass is 16.5. The van der Waals surface area contributed by atoms with Crippen LogP contribution in [0.3, 0.4) is 0 Å². The number of likely N-dealkylation sites (tertiary alicyclic amines) is 1. The van der Waals surface area contributed by atoms with E-state index >= 15 is 0 Å². The zero-order chi connectivity index (χ0) is 15.5. The van der Waals surface area contributed by atoms with Crippen LogP contribution >= 0.6 is 0 Å². The van der Waals surface area contributed by atoms with Crippen LogP contribution in [-0.4, -0.2) is 47.2 Å². The van der Waals surface area contributed by atoms with Gasteiger partial charge in [0, 0.05) is 32.5 Å². The molecule has 5 nitrogen and oxygen atoms in total. The normalized spacial score (nSPS) is 18.1. The first kappa shape index (κ1) is 14.6. The summed E-state index contributed by atoms with van der Waals surface area (Å²) in [4.78, 5) is 18.7. The summed E-state index contributed by atoms with van der Waals surface area (Å²) in [5.74, 6) is 3.84. The van der Waals surface area contributed by atoms with Crippen molar-refractivity contribution in [3.8, 4) is 12.3 Å². The third kappa shape index (κ3) is 2.58. The van der Waals surface area contributed by atoms with Crippen LogP contribution in [0.5, 0.6) is 0 Å². The molecule has 5 heteroatoms. The monoisotopic (exact) mass is 297 g/mol. The average molecular weight is 297 g/mol. The highest BCUT2D eigenvalue weighted by Crippen LogP contribution is 2.30. The summed E-state index contributed by atoms with van der Waals surface area (Å²) < 4.78 is 7.11. The second kappa shape index (κ2) is 6.20. The Morgan fingerprint density at radius 1 is 1.45 bits per heavy atom. The lowest BCUT2D eigenvalue weighted by molar-refractivity contribution is -0.128. The van der Waals surface area contributed by atoms with Crippen molar-refractivity contribution in [1.29, 1.82) is 0 Å². The number of aromatic nitrogens is 2. The van der Waals surface area contributed by atoms with Crippen molar-refractivity contribution in [2.24, 2.45) is 0 Å². The van der Waals surface area contributed by atoms with Crippen LogP contribution < -0.4 is 0 Å². The van der Waals surface area contributed by atoms with Crippen molar-refractivity contribution >= 4 is 16.9 Å². The molecule has 1 aromatic carbocycles. The number of hydrogen-bond donors (Lipinski definition) is 0. The molecule has 0 N–H and O–H groups in total. The van der Waals surface area contributed by atoms with Gasteiger partial charge in [0.1, 0.15) is 5.82 Å². The SMILES string of the molecule is C#CCn1c(C2CC(=O)N(CCOC)C2)nc2ccccc21. The number of carbonyl (C=O) groups is 1. The van der Waals surface area contributed by atoms with Gasteiger partial charge in [-0.3, -0.25) is 4.79 Å². The Balaban J connectivity index is 1.92. The van der Waals surface area contributed by atoms with Crippen molar-refractivity contribution in [3.05, 3.63) is 30.1 Å². The molecule has 1 saturated heterocycles. The predicted molar refractivity (Wildman–Crippen MR) is 84.4 cm³/mol. The number of imidazole rings is 1. The molecule has 1 fully saturated rings. The molecule has 0 radical (unpaired) electrons. The Morgan fingerprint density at radius 3 is 3.05 bits per heavy atom. The fourth-order valence-corrected chi connectivity index (χ4v) is 3.03. The molecule has 22 heavy (non-hydrogen) atoms. The lowest BCUT2D eigenvalue weighted by Gasteiger charge is -2.16. The van der Waals surface area contributed by atoms with Gasteiger partial charge in [-0.1, -0.05) is 18.1 Å². The predicted octanol–water partition coefficient (Wildman–Crippen LogP) is 1.63. The first-order valence-corrected chi connectivity index (χ1v) is 7.40. The maximum absolute atomic E-state index is 12.1. The summed E-state index contributed by atoms with van der Waals surface area (Å²) in [6.45, 7) is 2.33. The molecule has 1 amide bonds. The maximum Gasteiger partial charge on any atom is 0.223 e. The Bertz CT molecular complexity index is 729. The fraction of sp³-hybridized carbons (Fsp3) is 0.412. The first-order chi connectivity index (χ1) is 10.7. The molecule has 2 heterocycles. The molecule has 3 rings (SSSR count). The van der Waals surface area contributed by atoms with E-state index in [1.807, 2.05) is 33.7 Å². The van der Waals surface area contributed by atoms with Crippen LogP contribution in [0.15, 0.2) is 24.3 Å². The van der Waals surface area contributed by atoms with Crippen LogP contribution in [0.2, 0.25) is 0 Å². The minimum absolute atomic E-state index is 0.0881. The van der Waals surface area contributed by atoms with Gasteiger partial charge in [0.05, 0.1) is 24.2 Å². The Kier molecular flexibility index (Phi) is 4.12. The molecule has 2 aromatic rings. The third-order valence-corrected chi connectivity index (χ3v) is 4.08. The summed E-state index contributed by atoms with van der Waals surface area (Å²) in [5, 5.41) is 0. The minimum Gasteiger partial charge on any atom is -0.383 e. The number of methoxy groups -OCH3 is 1. The maximum atomic E-state index is 12.1. The zero-order valence-electron chi connectivity index (χ0n) is 12.7. The summed E-state index contributed by atoms with van der Waals surface area (Å²) in [7, 11) is 1.64. The van der Waals surface area contributed by atoms with Crippen molar-refractivity contribution < 1.29 is 9.53 Å². The molecule has 0 bridgehead atoms. The molecule has 1 aliphatic rings. The van der Waals surface area contributed by atoms with Crippen LogP contribution in [0, 0.1) is 12.3 Å². The molecule has 0 aliphatic carbocycles. The number of hydrogen-bond acceptors (Lipinski definition) is 3. The third-order valence-electron chi connectivity index (χ3n) is 4.08. The van der Waals surface area contributed by atoms with E-state index in [0.29, 0.717) is 32.7 Å². The first-order valence-electron chi connectivity index (χ1n) is 7.40. The number of amides is 1. The van der Waals surface area contributed by atoms with Gasteiger partial charge in [0.2, 0.25) is 5.91 Å². The minimum atomic E-state index is 0.0881. The quantitative estimate of drug-likeness (QED) is 0.788. The molecule has 1 atom stereocenters. The standard InChI is InChI=1S/C17H19N3O2/c1-3-8-20-15-7-5-4-6-14(15)18-17(20)13-11-16(21)19(12-13)9-10-22-2/h1,4-7,13H,8-12H2,2H3. The largest absolute Gasteiger partial charge is 0.383 e. The summed E-state index contributed by atoms with van der Waals surface area (Å²) in [5.41, 5.74) is 1.95. The topological polar surface area (TPSA) is 47.4 Å².